The number of hydrogen-bond acceptors (Lipinski definition) is 6. The lowest BCUT2D eigenvalue weighted by atomic mass is 10.0. The van der Waals surface area contributed by atoms with Crippen molar-refractivity contribution in [2.75, 3.05) is 19.0 Å². The third-order valence-electron chi connectivity index (χ3n) is 3.53. The Kier molecular flexibility index (Phi) is 3.76. The average Bonchev–Trinajstić information content (AvgIpc) is 3.05. The van der Waals surface area contributed by atoms with Crippen molar-refractivity contribution < 1.29 is 14.6 Å². The maximum atomic E-state index is 12.8. The first-order valence-electron chi connectivity index (χ1n) is 6.44. The number of carbonyl (C=O) groups is 1. The standard InChI is InChI=1S/C13H14N2O4S2/c1-13(3-4-19-7-13)15-11(18)8-2-5-20-10(8)14-12(15)21-6-9(16)17/h2,5H,3-4,6-7H2,1H3,(H,16,17). The minimum Gasteiger partial charge on any atom is -0.481 e. The van der Waals surface area contributed by atoms with Crippen LogP contribution in [0.4, 0.5) is 0 Å². The monoisotopic (exact) mass is 326 g/mol. The van der Waals surface area contributed by atoms with E-state index in [0.717, 1.165) is 11.8 Å². The van der Waals surface area contributed by atoms with Crippen LogP contribution >= 0.6 is 23.1 Å². The van der Waals surface area contributed by atoms with Gasteiger partial charge in [0, 0.05) is 6.61 Å². The molecule has 0 aromatic carbocycles. The molecule has 0 bridgehead atoms. The topological polar surface area (TPSA) is 81.4 Å². The summed E-state index contributed by atoms with van der Waals surface area (Å²) in [5, 5.41) is 11.7. The Morgan fingerprint density at radius 1 is 1.67 bits per heavy atom. The van der Waals surface area contributed by atoms with Crippen molar-refractivity contribution in [3.05, 3.63) is 21.8 Å². The van der Waals surface area contributed by atoms with E-state index in [9.17, 15) is 9.59 Å². The van der Waals surface area contributed by atoms with Gasteiger partial charge < -0.3 is 9.84 Å². The van der Waals surface area contributed by atoms with Crippen LogP contribution in [-0.4, -0.2) is 39.6 Å². The molecule has 2 aromatic rings. The average molecular weight is 326 g/mol. The Bertz CT molecular complexity index is 746. The quantitative estimate of drug-likeness (QED) is 0.681. The van der Waals surface area contributed by atoms with Crippen LogP contribution in [0.15, 0.2) is 21.4 Å². The van der Waals surface area contributed by atoms with E-state index in [2.05, 4.69) is 4.98 Å². The number of aromatic nitrogens is 2. The lowest BCUT2D eigenvalue weighted by Crippen LogP contribution is -2.40. The van der Waals surface area contributed by atoms with E-state index in [1.165, 1.54) is 11.3 Å². The lowest BCUT2D eigenvalue weighted by Gasteiger charge is -2.27. The summed E-state index contributed by atoms with van der Waals surface area (Å²) < 4.78 is 7.05. The molecule has 21 heavy (non-hydrogen) atoms. The molecule has 1 N–H and O–H groups in total. The molecule has 6 nitrogen and oxygen atoms in total. The largest absolute Gasteiger partial charge is 0.481 e. The molecule has 0 aliphatic carbocycles. The summed E-state index contributed by atoms with van der Waals surface area (Å²) in [6.07, 6.45) is 0.713. The lowest BCUT2D eigenvalue weighted by molar-refractivity contribution is -0.133. The molecule has 1 unspecified atom stereocenters. The fraction of sp³-hybridized carbons (Fsp3) is 0.462. The minimum atomic E-state index is -0.931. The van der Waals surface area contributed by atoms with Crippen molar-refractivity contribution in [3.8, 4) is 0 Å². The predicted octanol–water partition coefficient (Wildman–Crippen LogP) is 1.77. The van der Waals surface area contributed by atoms with E-state index < -0.39 is 11.5 Å². The highest BCUT2D eigenvalue weighted by Crippen LogP contribution is 2.31. The molecule has 0 saturated carbocycles. The van der Waals surface area contributed by atoms with Crippen LogP contribution in [0.2, 0.25) is 0 Å². The molecule has 1 aliphatic heterocycles. The second-order valence-electron chi connectivity index (χ2n) is 5.16. The number of carboxylic acids is 1. The SMILES string of the molecule is CC1(n2c(SCC(=O)O)nc3sccc3c2=O)CCOC1. The number of aliphatic carboxylic acids is 1. The molecule has 8 heteroatoms. The van der Waals surface area contributed by atoms with Gasteiger partial charge >= 0.3 is 5.97 Å². The van der Waals surface area contributed by atoms with Gasteiger partial charge in [-0.25, -0.2) is 4.98 Å². The van der Waals surface area contributed by atoms with Gasteiger partial charge in [-0.3, -0.25) is 14.2 Å². The third kappa shape index (κ3) is 2.58. The number of fused-ring (bicyclic) bond motifs is 1. The van der Waals surface area contributed by atoms with Crippen LogP contribution in [0.25, 0.3) is 10.2 Å². The Morgan fingerprint density at radius 2 is 2.48 bits per heavy atom. The second-order valence-corrected chi connectivity index (χ2v) is 6.99. The number of ether oxygens (including phenoxy) is 1. The maximum Gasteiger partial charge on any atom is 0.313 e. The van der Waals surface area contributed by atoms with Gasteiger partial charge in [-0.05, 0) is 24.8 Å². The van der Waals surface area contributed by atoms with E-state index in [-0.39, 0.29) is 11.3 Å². The number of hydrogen-bond donors (Lipinski definition) is 1. The molecule has 0 amide bonds. The zero-order valence-corrected chi connectivity index (χ0v) is 13.0. The Morgan fingerprint density at radius 3 is 3.14 bits per heavy atom. The van der Waals surface area contributed by atoms with Gasteiger partial charge in [0.1, 0.15) is 4.83 Å². The Balaban J connectivity index is 2.18. The molecular weight excluding hydrogens is 312 g/mol. The second kappa shape index (κ2) is 5.43. The predicted molar refractivity (Wildman–Crippen MR) is 81.3 cm³/mol. The van der Waals surface area contributed by atoms with Gasteiger partial charge in [0.15, 0.2) is 5.16 Å². The van der Waals surface area contributed by atoms with E-state index in [0.29, 0.717) is 35.0 Å². The van der Waals surface area contributed by atoms with Crippen LogP contribution in [-0.2, 0) is 15.1 Å². The van der Waals surface area contributed by atoms with Crippen LogP contribution in [0, 0.1) is 0 Å². The summed E-state index contributed by atoms with van der Waals surface area (Å²) in [6.45, 7) is 2.98. The van der Waals surface area contributed by atoms with Gasteiger partial charge in [0.25, 0.3) is 5.56 Å². The van der Waals surface area contributed by atoms with Gasteiger partial charge in [0.2, 0.25) is 0 Å². The van der Waals surface area contributed by atoms with E-state index in [1.54, 1.807) is 10.6 Å². The van der Waals surface area contributed by atoms with Crippen LogP contribution in [0.1, 0.15) is 13.3 Å². The molecule has 0 spiro atoms. The van der Waals surface area contributed by atoms with E-state index in [4.69, 9.17) is 9.84 Å². The van der Waals surface area contributed by atoms with Crippen LogP contribution in [0.5, 0.6) is 0 Å². The summed E-state index contributed by atoms with van der Waals surface area (Å²) in [5.74, 6) is -1.06. The summed E-state index contributed by atoms with van der Waals surface area (Å²) in [4.78, 5) is 28.7. The first-order chi connectivity index (χ1) is 10.0. The molecule has 1 atom stereocenters. The maximum absolute atomic E-state index is 12.8. The molecule has 112 valence electrons. The zero-order chi connectivity index (χ0) is 15.0. The zero-order valence-electron chi connectivity index (χ0n) is 11.4. The van der Waals surface area contributed by atoms with Gasteiger partial charge in [0.05, 0.1) is 23.3 Å². The fourth-order valence-corrected chi connectivity index (χ4v) is 4.08. The Labute approximate surface area is 128 Å². The number of rotatable bonds is 4. The molecule has 3 rings (SSSR count). The first-order valence-corrected chi connectivity index (χ1v) is 8.31. The third-order valence-corrected chi connectivity index (χ3v) is 5.26. The molecule has 1 saturated heterocycles. The van der Waals surface area contributed by atoms with Crippen molar-refractivity contribution in [1.82, 2.24) is 9.55 Å². The molecular formula is C13H14N2O4S2. The highest BCUT2D eigenvalue weighted by Gasteiger charge is 2.35. The highest BCUT2D eigenvalue weighted by molar-refractivity contribution is 7.99. The van der Waals surface area contributed by atoms with Crippen molar-refractivity contribution in [2.24, 2.45) is 0 Å². The molecule has 1 fully saturated rings. The van der Waals surface area contributed by atoms with Gasteiger partial charge in [-0.15, -0.1) is 11.3 Å². The minimum absolute atomic E-state index is 0.123. The first kappa shape index (κ1) is 14.6. The number of nitrogens with zero attached hydrogens (tertiary/aromatic N) is 2. The van der Waals surface area contributed by atoms with Crippen molar-refractivity contribution >= 4 is 39.3 Å². The summed E-state index contributed by atoms with van der Waals surface area (Å²) in [7, 11) is 0. The van der Waals surface area contributed by atoms with Crippen LogP contribution in [0.3, 0.4) is 0 Å². The number of thiophene rings is 1. The molecule has 0 radical (unpaired) electrons. The highest BCUT2D eigenvalue weighted by atomic mass is 32.2. The number of carboxylic acid groups (broad SMARTS) is 1. The fourth-order valence-electron chi connectivity index (χ4n) is 2.43. The van der Waals surface area contributed by atoms with Gasteiger partial charge in [-0.2, -0.15) is 0 Å². The molecule has 1 aliphatic rings. The smallest absolute Gasteiger partial charge is 0.313 e. The van der Waals surface area contributed by atoms with E-state index in [1.807, 2.05) is 12.3 Å². The molecule has 3 heterocycles. The van der Waals surface area contributed by atoms with Crippen molar-refractivity contribution in [1.29, 1.82) is 0 Å². The normalized spacial score (nSPS) is 22.0. The van der Waals surface area contributed by atoms with E-state index >= 15 is 0 Å². The summed E-state index contributed by atoms with van der Waals surface area (Å²) in [5.41, 5.74) is -0.594. The van der Waals surface area contributed by atoms with Crippen molar-refractivity contribution in [2.45, 2.75) is 24.0 Å². The summed E-state index contributed by atoms with van der Waals surface area (Å²) >= 11 is 2.46. The Hall–Kier alpha value is -1.38. The van der Waals surface area contributed by atoms with Crippen molar-refractivity contribution in [3.63, 3.8) is 0 Å². The molecule has 2 aromatic heterocycles. The summed E-state index contributed by atoms with van der Waals surface area (Å²) in [6, 6.07) is 1.76. The number of thioether (sulfide) groups is 1. The van der Waals surface area contributed by atoms with Crippen LogP contribution < -0.4 is 5.56 Å². The van der Waals surface area contributed by atoms with Gasteiger partial charge in [-0.1, -0.05) is 11.8 Å².